The van der Waals surface area contributed by atoms with Crippen LogP contribution in [-0.4, -0.2) is 5.54 Å². The summed E-state index contributed by atoms with van der Waals surface area (Å²) in [4.78, 5) is 2.69. The highest BCUT2D eigenvalue weighted by atomic mass is 15.2. The van der Waals surface area contributed by atoms with Crippen LogP contribution < -0.4 is 4.90 Å². The van der Waals surface area contributed by atoms with Gasteiger partial charge in [0, 0.05) is 22.8 Å². The summed E-state index contributed by atoms with van der Waals surface area (Å²) in [6.07, 6.45) is 3.70. The van der Waals surface area contributed by atoms with Crippen LogP contribution in [0.25, 0.3) is 22.3 Å². The zero-order chi connectivity index (χ0) is 33.4. The van der Waals surface area contributed by atoms with Crippen LogP contribution in [0.1, 0.15) is 80.7 Å². The molecule has 1 heterocycles. The Morgan fingerprint density at radius 3 is 1.84 bits per heavy atom. The van der Waals surface area contributed by atoms with Crippen LogP contribution in [0.15, 0.2) is 152 Å². The molecular formula is C48H45N. The molecule has 1 aliphatic heterocycles. The number of anilines is 2. The van der Waals surface area contributed by atoms with Gasteiger partial charge in [-0.15, -0.1) is 0 Å². The second kappa shape index (κ2) is 11.1. The average Bonchev–Trinajstić information content (AvgIpc) is 3.58. The van der Waals surface area contributed by atoms with Crippen LogP contribution >= 0.6 is 0 Å². The molecule has 2 aliphatic carbocycles. The number of nitrogens with zero attached hydrogens (tertiary/aromatic N) is 1. The molecule has 1 saturated carbocycles. The molecule has 0 radical (unpaired) electrons. The molecule has 49 heavy (non-hydrogen) atoms. The molecule has 6 aromatic rings. The normalized spacial score (nSPS) is 21.8. The Kier molecular flexibility index (Phi) is 6.82. The van der Waals surface area contributed by atoms with Gasteiger partial charge in [-0.3, -0.25) is 0 Å². The van der Waals surface area contributed by atoms with Crippen LogP contribution in [0.5, 0.6) is 0 Å². The van der Waals surface area contributed by atoms with Gasteiger partial charge in [0.1, 0.15) is 0 Å². The van der Waals surface area contributed by atoms with E-state index >= 15 is 0 Å². The van der Waals surface area contributed by atoms with Gasteiger partial charge in [-0.25, -0.2) is 0 Å². The highest BCUT2D eigenvalue weighted by Crippen LogP contribution is 2.61. The van der Waals surface area contributed by atoms with Crippen molar-refractivity contribution in [3.8, 4) is 22.3 Å². The van der Waals surface area contributed by atoms with Crippen molar-refractivity contribution in [3.05, 3.63) is 179 Å². The second-order valence-corrected chi connectivity index (χ2v) is 16.0. The van der Waals surface area contributed by atoms with Crippen LogP contribution in [0.2, 0.25) is 0 Å². The molecule has 0 saturated heterocycles. The molecule has 3 atom stereocenters. The Bertz CT molecular complexity index is 2120. The van der Waals surface area contributed by atoms with Gasteiger partial charge in [0.25, 0.3) is 0 Å². The smallest absolute Gasteiger partial charge is 0.0713 e. The molecule has 1 heteroatoms. The fourth-order valence-corrected chi connectivity index (χ4v) is 9.94. The molecule has 3 aliphatic rings. The van der Waals surface area contributed by atoms with Crippen LogP contribution in [0.4, 0.5) is 11.4 Å². The van der Waals surface area contributed by atoms with E-state index < -0.39 is 5.41 Å². The van der Waals surface area contributed by atoms with Crippen molar-refractivity contribution in [2.24, 2.45) is 11.3 Å². The van der Waals surface area contributed by atoms with Gasteiger partial charge in [-0.2, -0.15) is 0 Å². The quantitative estimate of drug-likeness (QED) is 0.186. The minimum absolute atomic E-state index is 0.0550. The fraction of sp³-hybridized carbons (Fsp3) is 0.250. The van der Waals surface area contributed by atoms with Crippen molar-refractivity contribution < 1.29 is 0 Å². The molecule has 3 unspecified atom stereocenters. The number of rotatable bonds is 4. The molecule has 6 aromatic carbocycles. The molecular weight excluding hydrogens is 591 g/mol. The first-order valence-corrected chi connectivity index (χ1v) is 18.2. The summed E-state index contributed by atoms with van der Waals surface area (Å²) < 4.78 is 0. The summed E-state index contributed by atoms with van der Waals surface area (Å²) in [7, 11) is 0. The summed E-state index contributed by atoms with van der Waals surface area (Å²) in [5.41, 5.74) is 14.8. The molecule has 242 valence electrons. The number of hydrogen-bond acceptors (Lipinski definition) is 1. The third-order valence-corrected chi connectivity index (χ3v) is 12.5. The molecule has 9 rings (SSSR count). The molecule has 1 nitrogen and oxygen atoms in total. The number of hydrogen-bond donors (Lipinski definition) is 0. The first kappa shape index (κ1) is 30.2. The Labute approximate surface area is 292 Å². The van der Waals surface area contributed by atoms with E-state index in [2.05, 4.69) is 184 Å². The highest BCUT2D eigenvalue weighted by molar-refractivity contribution is 5.89. The Morgan fingerprint density at radius 2 is 1.16 bits per heavy atom. The first-order valence-electron chi connectivity index (χ1n) is 18.2. The topological polar surface area (TPSA) is 3.24 Å². The second-order valence-electron chi connectivity index (χ2n) is 16.0. The van der Waals surface area contributed by atoms with Crippen molar-refractivity contribution >= 4 is 11.4 Å². The van der Waals surface area contributed by atoms with Gasteiger partial charge >= 0.3 is 0 Å². The van der Waals surface area contributed by atoms with E-state index in [9.17, 15) is 0 Å². The van der Waals surface area contributed by atoms with Crippen molar-refractivity contribution in [3.63, 3.8) is 0 Å². The maximum absolute atomic E-state index is 2.69. The average molecular weight is 636 g/mol. The predicted molar refractivity (Wildman–Crippen MR) is 206 cm³/mol. The molecule has 1 fully saturated rings. The summed E-state index contributed by atoms with van der Waals surface area (Å²) in [6.45, 7) is 9.85. The van der Waals surface area contributed by atoms with Crippen molar-refractivity contribution in [1.29, 1.82) is 0 Å². The van der Waals surface area contributed by atoms with E-state index in [-0.39, 0.29) is 5.54 Å². The molecule has 0 spiro atoms. The van der Waals surface area contributed by atoms with Gasteiger partial charge in [-0.05, 0) is 118 Å². The number of para-hydroxylation sites is 1. The van der Waals surface area contributed by atoms with Crippen molar-refractivity contribution in [2.45, 2.75) is 63.8 Å². The first-order chi connectivity index (χ1) is 23.8. The zero-order valence-electron chi connectivity index (χ0n) is 29.2. The summed E-state index contributed by atoms with van der Waals surface area (Å²) >= 11 is 0. The monoisotopic (exact) mass is 635 g/mol. The lowest BCUT2D eigenvalue weighted by atomic mass is 9.62. The Balaban J connectivity index is 1.24. The van der Waals surface area contributed by atoms with Gasteiger partial charge in [0.2, 0.25) is 0 Å². The SMILES string of the molecule is CC(C)(C)C1CCC2(C)C(C1)c1cc(-c3ccc4c(c3)C(c3ccccc3)(c3ccccc3)c3ccccc3-4)ccc1N2c1ccccc1. The minimum Gasteiger partial charge on any atom is -0.335 e. The van der Waals surface area contributed by atoms with Gasteiger partial charge < -0.3 is 4.90 Å². The third-order valence-electron chi connectivity index (χ3n) is 12.5. The summed E-state index contributed by atoms with van der Waals surface area (Å²) in [5, 5.41) is 0. The van der Waals surface area contributed by atoms with E-state index in [1.54, 1.807) is 0 Å². The minimum atomic E-state index is -0.396. The Morgan fingerprint density at radius 1 is 0.592 bits per heavy atom. The zero-order valence-corrected chi connectivity index (χ0v) is 29.2. The van der Waals surface area contributed by atoms with Crippen LogP contribution in [-0.2, 0) is 5.41 Å². The lowest BCUT2D eigenvalue weighted by Crippen LogP contribution is -2.48. The molecule has 0 amide bonds. The van der Waals surface area contributed by atoms with E-state index in [4.69, 9.17) is 0 Å². The van der Waals surface area contributed by atoms with E-state index in [1.807, 2.05) is 0 Å². The number of fused-ring (bicyclic) bond motifs is 6. The third kappa shape index (κ3) is 4.44. The summed E-state index contributed by atoms with van der Waals surface area (Å²) in [5.74, 6) is 1.18. The standard InChI is InChI=1S/C48H45N/c1-46(2,3)37-28-29-47(4)43(32-37)41-30-33(25-27-45(41)49(47)38-20-12-7-13-21-38)34-24-26-40-39-22-14-15-23-42(39)48(44(40)31-34,35-16-8-5-9-17-35)36-18-10-6-11-19-36/h5-27,30-31,37,43H,28-29,32H2,1-4H3. The van der Waals surface area contributed by atoms with Crippen LogP contribution in [0.3, 0.4) is 0 Å². The summed E-state index contributed by atoms with van der Waals surface area (Å²) in [6, 6.07) is 57.1. The Hall–Kier alpha value is -4.88. The fourth-order valence-electron chi connectivity index (χ4n) is 9.94. The van der Waals surface area contributed by atoms with Crippen molar-refractivity contribution in [1.82, 2.24) is 0 Å². The van der Waals surface area contributed by atoms with Gasteiger partial charge in [0.15, 0.2) is 0 Å². The van der Waals surface area contributed by atoms with E-state index in [1.165, 1.54) is 80.7 Å². The van der Waals surface area contributed by atoms with E-state index in [0.29, 0.717) is 17.3 Å². The maximum Gasteiger partial charge on any atom is 0.0713 e. The molecule has 0 N–H and O–H groups in total. The van der Waals surface area contributed by atoms with Crippen LogP contribution in [0, 0.1) is 11.3 Å². The lowest BCUT2D eigenvalue weighted by Gasteiger charge is -2.49. The molecule has 0 aromatic heterocycles. The van der Waals surface area contributed by atoms with E-state index in [0.717, 1.165) is 0 Å². The van der Waals surface area contributed by atoms with Gasteiger partial charge in [0.05, 0.1) is 5.41 Å². The van der Waals surface area contributed by atoms with Gasteiger partial charge in [-0.1, -0.05) is 142 Å². The van der Waals surface area contributed by atoms with Crippen molar-refractivity contribution in [2.75, 3.05) is 4.90 Å². The lowest BCUT2D eigenvalue weighted by molar-refractivity contribution is 0.127. The highest BCUT2D eigenvalue weighted by Gasteiger charge is 2.53. The molecule has 0 bridgehead atoms. The maximum atomic E-state index is 2.69. The predicted octanol–water partition coefficient (Wildman–Crippen LogP) is 12.6. The largest absolute Gasteiger partial charge is 0.335 e. The number of benzene rings is 6.